The van der Waals surface area contributed by atoms with Gasteiger partial charge in [0, 0.05) is 11.1 Å². The zero-order chi connectivity index (χ0) is 21.3. The van der Waals surface area contributed by atoms with E-state index >= 15 is 0 Å². The van der Waals surface area contributed by atoms with Crippen LogP contribution in [-0.2, 0) is 6.42 Å². The molecule has 0 spiro atoms. The lowest BCUT2D eigenvalue weighted by atomic mass is 9.95. The van der Waals surface area contributed by atoms with Crippen LogP contribution < -0.4 is 0 Å². The molecule has 0 aliphatic carbocycles. The summed E-state index contributed by atoms with van der Waals surface area (Å²) in [5, 5.41) is 0. The average molecular weight is 407 g/mol. The van der Waals surface area contributed by atoms with Gasteiger partial charge in [-0.1, -0.05) is 145 Å². The fourth-order valence-electron chi connectivity index (χ4n) is 4.21. The molecule has 164 valence electrons. The van der Waals surface area contributed by atoms with Crippen LogP contribution >= 0.6 is 0 Å². The number of carbonyl (C=O) groups excluding carboxylic acids is 1. The van der Waals surface area contributed by atoms with Crippen LogP contribution in [0.1, 0.15) is 118 Å². The maximum atomic E-state index is 12.8. The first kappa shape index (κ1) is 24.4. The van der Waals surface area contributed by atoms with Crippen molar-refractivity contribution in [3.05, 3.63) is 71.3 Å². The third kappa shape index (κ3) is 9.74. The SMILES string of the molecule is CCCCCCCCCCCCCCCCc1ccccc1C(=O)c1ccccc1. The van der Waals surface area contributed by atoms with Crippen LogP contribution in [0.2, 0.25) is 0 Å². The molecule has 0 N–H and O–H groups in total. The van der Waals surface area contributed by atoms with Crippen molar-refractivity contribution in [2.24, 2.45) is 0 Å². The number of hydrogen-bond acceptors (Lipinski definition) is 1. The number of rotatable bonds is 17. The van der Waals surface area contributed by atoms with E-state index in [1.54, 1.807) is 0 Å². The van der Waals surface area contributed by atoms with Crippen LogP contribution in [-0.4, -0.2) is 5.78 Å². The molecule has 0 aliphatic rings. The molecular formula is C29H42O. The number of benzene rings is 2. The van der Waals surface area contributed by atoms with Crippen molar-refractivity contribution in [2.45, 2.75) is 103 Å². The molecule has 1 heteroatoms. The highest BCUT2D eigenvalue weighted by Gasteiger charge is 2.12. The second-order valence-corrected chi connectivity index (χ2v) is 8.70. The van der Waals surface area contributed by atoms with Gasteiger partial charge in [-0.15, -0.1) is 0 Å². The number of ketones is 1. The summed E-state index contributed by atoms with van der Waals surface area (Å²) in [5.74, 6) is 0.150. The highest BCUT2D eigenvalue weighted by Crippen LogP contribution is 2.18. The Morgan fingerprint density at radius 2 is 1.03 bits per heavy atom. The Morgan fingerprint density at radius 1 is 0.567 bits per heavy atom. The summed E-state index contributed by atoms with van der Waals surface area (Å²) in [5.41, 5.74) is 2.86. The van der Waals surface area contributed by atoms with Crippen LogP contribution in [0.3, 0.4) is 0 Å². The van der Waals surface area contributed by atoms with Crippen molar-refractivity contribution in [1.82, 2.24) is 0 Å². The van der Waals surface area contributed by atoms with Crippen molar-refractivity contribution in [3.8, 4) is 0 Å². The summed E-state index contributed by atoms with van der Waals surface area (Å²) < 4.78 is 0. The van der Waals surface area contributed by atoms with E-state index in [0.717, 1.165) is 17.5 Å². The first-order valence-electron chi connectivity index (χ1n) is 12.5. The fourth-order valence-corrected chi connectivity index (χ4v) is 4.21. The first-order chi connectivity index (χ1) is 14.8. The van der Waals surface area contributed by atoms with E-state index in [1.165, 1.54) is 95.5 Å². The van der Waals surface area contributed by atoms with Gasteiger partial charge in [0.15, 0.2) is 5.78 Å². The van der Waals surface area contributed by atoms with Gasteiger partial charge in [-0.2, -0.15) is 0 Å². The predicted molar refractivity (Wildman–Crippen MR) is 130 cm³/mol. The van der Waals surface area contributed by atoms with Gasteiger partial charge in [0.25, 0.3) is 0 Å². The van der Waals surface area contributed by atoms with Gasteiger partial charge < -0.3 is 0 Å². The smallest absolute Gasteiger partial charge is 0.193 e. The van der Waals surface area contributed by atoms with Crippen molar-refractivity contribution in [2.75, 3.05) is 0 Å². The average Bonchev–Trinajstić information content (AvgIpc) is 2.79. The molecule has 1 nitrogen and oxygen atoms in total. The normalized spacial score (nSPS) is 11.0. The minimum Gasteiger partial charge on any atom is -0.289 e. The van der Waals surface area contributed by atoms with Gasteiger partial charge in [0.2, 0.25) is 0 Å². The third-order valence-corrected chi connectivity index (χ3v) is 6.10. The number of aryl methyl sites for hydroxylation is 1. The van der Waals surface area contributed by atoms with Crippen LogP contribution in [0.4, 0.5) is 0 Å². The van der Waals surface area contributed by atoms with Gasteiger partial charge in [0.05, 0.1) is 0 Å². The Labute approximate surface area is 185 Å². The monoisotopic (exact) mass is 406 g/mol. The fraction of sp³-hybridized carbons (Fsp3) is 0.552. The number of unbranched alkanes of at least 4 members (excludes halogenated alkanes) is 13. The van der Waals surface area contributed by atoms with Gasteiger partial charge in [0.1, 0.15) is 0 Å². The van der Waals surface area contributed by atoms with E-state index in [9.17, 15) is 4.79 Å². The van der Waals surface area contributed by atoms with E-state index < -0.39 is 0 Å². The molecule has 0 radical (unpaired) electrons. The Kier molecular flexibility index (Phi) is 12.9. The second-order valence-electron chi connectivity index (χ2n) is 8.70. The van der Waals surface area contributed by atoms with Crippen LogP contribution in [0, 0.1) is 0 Å². The Morgan fingerprint density at radius 3 is 1.60 bits per heavy atom. The molecule has 0 atom stereocenters. The van der Waals surface area contributed by atoms with Crippen molar-refractivity contribution >= 4 is 5.78 Å². The highest BCUT2D eigenvalue weighted by molar-refractivity contribution is 6.09. The molecule has 0 heterocycles. The lowest BCUT2D eigenvalue weighted by Gasteiger charge is -2.09. The largest absolute Gasteiger partial charge is 0.289 e. The summed E-state index contributed by atoms with van der Waals surface area (Å²) in [6, 6.07) is 17.8. The van der Waals surface area contributed by atoms with Crippen LogP contribution in [0.15, 0.2) is 54.6 Å². The number of hydrogen-bond donors (Lipinski definition) is 0. The standard InChI is InChI=1S/C29H42O/c1-2-3-4-5-6-7-8-9-10-11-12-13-14-16-21-26-22-19-20-25-28(26)29(30)27-23-17-15-18-24-27/h15,17-20,22-25H,2-14,16,21H2,1H3. The minimum absolute atomic E-state index is 0.150. The molecule has 2 aromatic carbocycles. The Balaban J connectivity index is 1.54. The molecule has 0 saturated heterocycles. The van der Waals surface area contributed by atoms with Gasteiger partial charge in [-0.25, -0.2) is 0 Å². The molecule has 2 aromatic rings. The Hall–Kier alpha value is -1.89. The summed E-state index contributed by atoms with van der Waals surface area (Å²) >= 11 is 0. The third-order valence-electron chi connectivity index (χ3n) is 6.10. The zero-order valence-electron chi connectivity index (χ0n) is 19.2. The van der Waals surface area contributed by atoms with E-state index in [2.05, 4.69) is 19.1 Å². The van der Waals surface area contributed by atoms with Gasteiger partial charge in [-0.05, 0) is 18.4 Å². The molecule has 2 rings (SSSR count). The summed E-state index contributed by atoms with van der Waals surface area (Å²) in [7, 11) is 0. The molecule has 0 bridgehead atoms. The predicted octanol–water partition coefficient (Wildman–Crippen LogP) is 8.94. The number of carbonyl (C=O) groups is 1. The Bertz CT molecular complexity index is 689. The lowest BCUT2D eigenvalue weighted by Crippen LogP contribution is -2.05. The summed E-state index contributed by atoms with van der Waals surface area (Å²) in [4.78, 5) is 12.8. The summed E-state index contributed by atoms with van der Waals surface area (Å²) in [6.07, 6.45) is 20.3. The molecule has 30 heavy (non-hydrogen) atoms. The topological polar surface area (TPSA) is 17.1 Å². The van der Waals surface area contributed by atoms with Crippen LogP contribution in [0.25, 0.3) is 0 Å². The maximum Gasteiger partial charge on any atom is 0.193 e. The lowest BCUT2D eigenvalue weighted by molar-refractivity contribution is 0.103. The van der Waals surface area contributed by atoms with E-state index in [1.807, 2.05) is 42.5 Å². The molecule has 0 unspecified atom stereocenters. The molecule has 0 aromatic heterocycles. The van der Waals surface area contributed by atoms with E-state index in [0.29, 0.717) is 0 Å². The van der Waals surface area contributed by atoms with Crippen LogP contribution in [0.5, 0.6) is 0 Å². The van der Waals surface area contributed by atoms with E-state index in [-0.39, 0.29) is 5.78 Å². The molecular weight excluding hydrogens is 364 g/mol. The van der Waals surface area contributed by atoms with Gasteiger partial charge in [-0.3, -0.25) is 4.79 Å². The van der Waals surface area contributed by atoms with Crippen molar-refractivity contribution in [1.29, 1.82) is 0 Å². The molecule has 0 fully saturated rings. The first-order valence-corrected chi connectivity index (χ1v) is 12.5. The minimum atomic E-state index is 0.150. The van der Waals surface area contributed by atoms with Gasteiger partial charge >= 0.3 is 0 Å². The van der Waals surface area contributed by atoms with Crippen molar-refractivity contribution < 1.29 is 4.79 Å². The maximum absolute atomic E-state index is 12.8. The van der Waals surface area contributed by atoms with Crippen molar-refractivity contribution in [3.63, 3.8) is 0 Å². The second kappa shape index (κ2) is 15.9. The highest BCUT2D eigenvalue weighted by atomic mass is 16.1. The van der Waals surface area contributed by atoms with E-state index in [4.69, 9.17) is 0 Å². The quantitative estimate of drug-likeness (QED) is 0.189. The summed E-state index contributed by atoms with van der Waals surface area (Å²) in [6.45, 7) is 2.28. The molecule has 0 amide bonds. The zero-order valence-corrected chi connectivity index (χ0v) is 19.2. The molecule has 0 saturated carbocycles. The molecule has 0 aliphatic heterocycles.